The molecule has 1 amide bonds. The number of cyclic esters (lactones) is 1. The minimum atomic E-state index is -0.854. The van der Waals surface area contributed by atoms with Gasteiger partial charge >= 0.3 is 5.97 Å². The Labute approximate surface area is 193 Å². The predicted octanol–water partition coefficient (Wildman–Crippen LogP) is 2.99. The number of aromatic hydroxyl groups is 1. The van der Waals surface area contributed by atoms with Gasteiger partial charge in [-0.25, -0.2) is 9.78 Å². The molecule has 1 fully saturated rings. The van der Waals surface area contributed by atoms with Crippen molar-refractivity contribution in [2.75, 3.05) is 14.2 Å². The minimum Gasteiger partial charge on any atom is -0.503 e. The lowest BCUT2D eigenvalue weighted by Gasteiger charge is -2.25. The van der Waals surface area contributed by atoms with Crippen LogP contribution in [-0.4, -0.2) is 54.4 Å². The largest absolute Gasteiger partial charge is 0.503 e. The summed E-state index contributed by atoms with van der Waals surface area (Å²) in [6.45, 7) is 2.17. The first kappa shape index (κ1) is 24.3. The molecule has 2 aromatic rings. The number of carbonyl (C=O) groups excluding carboxylic acids is 2. The Hall–Kier alpha value is -3.33. The number of ether oxygens (including phenoxy) is 4. The van der Waals surface area contributed by atoms with Crippen molar-refractivity contribution < 1.29 is 33.6 Å². The monoisotopic (exact) mass is 458 g/mol. The molecule has 1 aliphatic heterocycles. The summed E-state index contributed by atoms with van der Waals surface area (Å²) in [7, 11) is 2.99. The Bertz CT molecular complexity index is 948. The fraction of sp³-hybridized carbons (Fsp3) is 0.458. The second-order valence-corrected chi connectivity index (χ2v) is 7.86. The van der Waals surface area contributed by atoms with Gasteiger partial charge in [-0.2, -0.15) is 0 Å². The number of amides is 1. The lowest BCUT2D eigenvalue weighted by Crippen LogP contribution is -2.44. The molecule has 2 N–H and O–H groups in total. The SMILES string of the molecule is COc1ccc(COC2CCCC[C@H](NC(=O)c3nccc(OC)c3O)C(=O)OC2C)cc1. The Balaban J connectivity index is 1.61. The molecule has 1 aromatic heterocycles. The molecule has 0 aliphatic carbocycles. The average molecular weight is 459 g/mol. The maximum Gasteiger partial charge on any atom is 0.329 e. The Morgan fingerprint density at radius 3 is 2.58 bits per heavy atom. The fourth-order valence-corrected chi connectivity index (χ4v) is 3.66. The maximum absolute atomic E-state index is 12.8. The second kappa shape index (κ2) is 11.5. The molecule has 0 saturated carbocycles. The number of methoxy groups -OCH3 is 2. The highest BCUT2D eigenvalue weighted by Crippen LogP contribution is 2.28. The molecule has 0 radical (unpaired) electrons. The standard InChI is InChI=1S/C24H30N2O7/c1-15-19(32-14-16-8-10-17(30-2)11-9-16)7-5-4-6-18(24(29)33-15)26-23(28)21-22(27)20(31-3)12-13-25-21/h8-13,15,18-19,27H,4-7,14H2,1-3H3,(H,26,28)/t15?,18-,19?/m0/s1. The van der Waals surface area contributed by atoms with Gasteiger partial charge in [0.15, 0.2) is 17.2 Å². The van der Waals surface area contributed by atoms with E-state index < -0.39 is 24.0 Å². The number of aromatic nitrogens is 1. The van der Waals surface area contributed by atoms with E-state index in [1.807, 2.05) is 24.3 Å². The molecule has 3 rings (SSSR count). The molecule has 33 heavy (non-hydrogen) atoms. The van der Waals surface area contributed by atoms with Crippen LogP contribution in [0.15, 0.2) is 36.5 Å². The van der Waals surface area contributed by atoms with E-state index in [0.29, 0.717) is 19.4 Å². The summed E-state index contributed by atoms with van der Waals surface area (Å²) in [5.74, 6) is -0.702. The van der Waals surface area contributed by atoms with E-state index >= 15 is 0 Å². The average Bonchev–Trinajstić information content (AvgIpc) is 2.88. The van der Waals surface area contributed by atoms with Gasteiger partial charge in [0, 0.05) is 12.3 Å². The smallest absolute Gasteiger partial charge is 0.329 e. The molecule has 3 atom stereocenters. The molecule has 178 valence electrons. The topological polar surface area (TPSA) is 116 Å². The first-order chi connectivity index (χ1) is 15.9. The summed E-state index contributed by atoms with van der Waals surface area (Å²) in [5, 5.41) is 12.8. The van der Waals surface area contributed by atoms with Gasteiger partial charge in [0.1, 0.15) is 17.9 Å². The molecular weight excluding hydrogens is 428 g/mol. The van der Waals surface area contributed by atoms with Crippen LogP contribution in [0.3, 0.4) is 0 Å². The number of nitrogens with zero attached hydrogens (tertiary/aromatic N) is 1. The number of hydrogen-bond donors (Lipinski definition) is 2. The third-order valence-electron chi connectivity index (χ3n) is 5.59. The number of nitrogens with one attached hydrogen (secondary N) is 1. The molecular formula is C24H30N2O7. The van der Waals surface area contributed by atoms with Crippen LogP contribution < -0.4 is 14.8 Å². The van der Waals surface area contributed by atoms with Crippen LogP contribution in [0.4, 0.5) is 0 Å². The fourth-order valence-electron chi connectivity index (χ4n) is 3.66. The zero-order valence-electron chi connectivity index (χ0n) is 19.1. The van der Waals surface area contributed by atoms with Crippen molar-refractivity contribution >= 4 is 11.9 Å². The number of pyridine rings is 1. The normalized spacial score (nSPS) is 21.2. The van der Waals surface area contributed by atoms with Gasteiger partial charge in [-0.1, -0.05) is 25.0 Å². The predicted molar refractivity (Wildman–Crippen MR) is 119 cm³/mol. The molecule has 9 heteroatoms. The quantitative estimate of drug-likeness (QED) is 0.609. The van der Waals surface area contributed by atoms with Crippen LogP contribution in [0.2, 0.25) is 0 Å². The lowest BCUT2D eigenvalue weighted by atomic mass is 10.0. The van der Waals surface area contributed by atoms with E-state index in [-0.39, 0.29) is 23.3 Å². The lowest BCUT2D eigenvalue weighted by molar-refractivity contribution is -0.158. The highest BCUT2D eigenvalue weighted by molar-refractivity contribution is 5.97. The van der Waals surface area contributed by atoms with E-state index in [0.717, 1.165) is 24.2 Å². The number of benzene rings is 1. The van der Waals surface area contributed by atoms with Crippen molar-refractivity contribution in [1.82, 2.24) is 10.3 Å². The third-order valence-corrected chi connectivity index (χ3v) is 5.59. The van der Waals surface area contributed by atoms with Crippen LogP contribution in [0.1, 0.15) is 48.7 Å². The Kier molecular flexibility index (Phi) is 8.48. The third kappa shape index (κ3) is 6.35. The summed E-state index contributed by atoms with van der Waals surface area (Å²) in [6, 6.07) is 8.18. The Morgan fingerprint density at radius 1 is 1.15 bits per heavy atom. The van der Waals surface area contributed by atoms with E-state index in [2.05, 4.69) is 10.3 Å². The van der Waals surface area contributed by atoms with Gasteiger partial charge < -0.3 is 29.4 Å². The van der Waals surface area contributed by atoms with Gasteiger partial charge in [0.25, 0.3) is 5.91 Å². The van der Waals surface area contributed by atoms with Crippen molar-refractivity contribution in [2.24, 2.45) is 0 Å². The zero-order valence-corrected chi connectivity index (χ0v) is 19.1. The van der Waals surface area contributed by atoms with Crippen molar-refractivity contribution in [2.45, 2.75) is 57.5 Å². The van der Waals surface area contributed by atoms with Crippen LogP contribution in [0.25, 0.3) is 0 Å². The summed E-state index contributed by atoms with van der Waals surface area (Å²) in [6.07, 6.45) is 3.24. The molecule has 2 heterocycles. The van der Waals surface area contributed by atoms with Gasteiger partial charge in [0.05, 0.1) is 26.9 Å². The summed E-state index contributed by atoms with van der Waals surface area (Å²) < 4.78 is 21.9. The second-order valence-electron chi connectivity index (χ2n) is 7.86. The Morgan fingerprint density at radius 2 is 1.88 bits per heavy atom. The van der Waals surface area contributed by atoms with Crippen molar-refractivity contribution in [1.29, 1.82) is 0 Å². The van der Waals surface area contributed by atoms with Crippen LogP contribution in [-0.2, 0) is 20.9 Å². The van der Waals surface area contributed by atoms with E-state index in [1.165, 1.54) is 19.4 Å². The summed E-state index contributed by atoms with van der Waals surface area (Å²) in [4.78, 5) is 29.3. The maximum atomic E-state index is 12.8. The zero-order chi connectivity index (χ0) is 23.8. The van der Waals surface area contributed by atoms with E-state index in [4.69, 9.17) is 18.9 Å². The van der Waals surface area contributed by atoms with Crippen LogP contribution in [0.5, 0.6) is 17.2 Å². The van der Waals surface area contributed by atoms with Crippen LogP contribution in [0, 0.1) is 0 Å². The van der Waals surface area contributed by atoms with Gasteiger partial charge in [0.2, 0.25) is 0 Å². The van der Waals surface area contributed by atoms with Crippen molar-refractivity contribution in [3.63, 3.8) is 0 Å². The van der Waals surface area contributed by atoms with Crippen molar-refractivity contribution in [3.8, 4) is 17.2 Å². The molecule has 9 nitrogen and oxygen atoms in total. The first-order valence-corrected chi connectivity index (χ1v) is 10.9. The van der Waals surface area contributed by atoms with E-state index in [1.54, 1.807) is 14.0 Å². The first-order valence-electron chi connectivity index (χ1n) is 10.9. The number of rotatable bonds is 7. The molecule has 0 spiro atoms. The number of hydrogen-bond acceptors (Lipinski definition) is 8. The molecule has 1 aliphatic rings. The molecule has 1 aromatic carbocycles. The number of esters is 1. The number of carbonyl (C=O) groups is 2. The highest BCUT2D eigenvalue weighted by Gasteiger charge is 2.31. The van der Waals surface area contributed by atoms with Crippen LogP contribution >= 0.6 is 0 Å². The highest BCUT2D eigenvalue weighted by atomic mass is 16.6. The summed E-state index contributed by atoms with van der Waals surface area (Å²) >= 11 is 0. The molecule has 0 bridgehead atoms. The molecule has 2 unspecified atom stereocenters. The van der Waals surface area contributed by atoms with Crippen molar-refractivity contribution in [3.05, 3.63) is 47.8 Å². The summed E-state index contributed by atoms with van der Waals surface area (Å²) in [5.41, 5.74) is 0.778. The molecule has 1 saturated heterocycles. The van der Waals surface area contributed by atoms with Gasteiger partial charge in [-0.3, -0.25) is 4.79 Å². The van der Waals surface area contributed by atoms with Gasteiger partial charge in [-0.15, -0.1) is 0 Å². The van der Waals surface area contributed by atoms with E-state index in [9.17, 15) is 14.7 Å². The minimum absolute atomic E-state index is 0.123. The van der Waals surface area contributed by atoms with Gasteiger partial charge in [-0.05, 0) is 37.5 Å².